The van der Waals surface area contributed by atoms with E-state index < -0.39 is 6.10 Å². The largest absolute Gasteiger partial charge is 0.382 e. The number of oxime groups is 1. The summed E-state index contributed by atoms with van der Waals surface area (Å²) in [5.41, 5.74) is 2.34. The SMILES string of the molecule is O=C(C1CC(c2ccc(F)cc2)=NO1)N1CCN(Cc2cccc(F)c2)CC1. The smallest absolute Gasteiger partial charge is 0.266 e. The van der Waals surface area contributed by atoms with E-state index in [9.17, 15) is 13.6 Å². The number of carbonyl (C=O) groups is 1. The van der Waals surface area contributed by atoms with Gasteiger partial charge in [0.1, 0.15) is 11.6 Å². The van der Waals surface area contributed by atoms with E-state index in [4.69, 9.17) is 4.84 Å². The molecule has 0 bridgehead atoms. The summed E-state index contributed by atoms with van der Waals surface area (Å²) in [4.78, 5) is 22.1. The summed E-state index contributed by atoms with van der Waals surface area (Å²) < 4.78 is 26.4. The monoisotopic (exact) mass is 385 g/mol. The quantitative estimate of drug-likeness (QED) is 0.813. The van der Waals surface area contributed by atoms with Crippen molar-refractivity contribution in [2.75, 3.05) is 26.2 Å². The Hall–Kier alpha value is -2.80. The second-order valence-corrected chi connectivity index (χ2v) is 7.07. The van der Waals surface area contributed by atoms with Crippen molar-refractivity contribution in [2.45, 2.75) is 19.1 Å². The average molecular weight is 385 g/mol. The summed E-state index contributed by atoms with van der Waals surface area (Å²) in [6, 6.07) is 12.6. The first-order valence-corrected chi connectivity index (χ1v) is 9.33. The number of piperazine rings is 1. The number of halogens is 2. The van der Waals surface area contributed by atoms with Crippen LogP contribution in [0.5, 0.6) is 0 Å². The molecule has 1 atom stereocenters. The van der Waals surface area contributed by atoms with Crippen molar-refractivity contribution in [1.82, 2.24) is 9.80 Å². The van der Waals surface area contributed by atoms with Crippen molar-refractivity contribution in [3.8, 4) is 0 Å². The van der Waals surface area contributed by atoms with Gasteiger partial charge in [-0.25, -0.2) is 8.78 Å². The molecule has 4 rings (SSSR count). The second kappa shape index (κ2) is 8.06. The van der Waals surface area contributed by atoms with Gasteiger partial charge in [0.25, 0.3) is 5.91 Å². The Balaban J connectivity index is 1.28. The molecule has 0 spiro atoms. The molecule has 0 N–H and O–H groups in total. The summed E-state index contributed by atoms with van der Waals surface area (Å²) in [5.74, 6) is -0.625. The van der Waals surface area contributed by atoms with Crippen molar-refractivity contribution in [2.24, 2.45) is 5.16 Å². The molecule has 2 aromatic rings. The minimum Gasteiger partial charge on any atom is -0.382 e. The van der Waals surface area contributed by atoms with Gasteiger partial charge in [0, 0.05) is 39.1 Å². The van der Waals surface area contributed by atoms with Crippen LogP contribution < -0.4 is 0 Å². The van der Waals surface area contributed by atoms with E-state index in [0.29, 0.717) is 31.8 Å². The number of hydrogen-bond acceptors (Lipinski definition) is 4. The molecule has 0 aromatic heterocycles. The Kier molecular flexibility index (Phi) is 5.34. The highest BCUT2D eigenvalue weighted by Gasteiger charge is 2.33. The molecule has 2 aliphatic heterocycles. The molecule has 28 heavy (non-hydrogen) atoms. The number of nitrogens with zero attached hydrogens (tertiary/aromatic N) is 3. The molecule has 5 nitrogen and oxygen atoms in total. The maximum absolute atomic E-state index is 13.3. The lowest BCUT2D eigenvalue weighted by Gasteiger charge is -2.35. The molecule has 1 amide bonds. The van der Waals surface area contributed by atoms with Gasteiger partial charge in [0.2, 0.25) is 6.10 Å². The Morgan fingerprint density at radius 3 is 2.50 bits per heavy atom. The molecule has 2 aliphatic rings. The molecular formula is C21H21F2N3O2. The number of rotatable bonds is 4. The molecule has 1 unspecified atom stereocenters. The molecule has 1 saturated heterocycles. The molecule has 0 saturated carbocycles. The highest BCUT2D eigenvalue weighted by atomic mass is 19.1. The van der Waals surface area contributed by atoms with E-state index in [1.807, 2.05) is 6.07 Å². The van der Waals surface area contributed by atoms with Gasteiger partial charge in [-0.15, -0.1) is 0 Å². The van der Waals surface area contributed by atoms with Crippen LogP contribution in [0.15, 0.2) is 53.7 Å². The highest BCUT2D eigenvalue weighted by Crippen LogP contribution is 2.20. The molecule has 146 valence electrons. The van der Waals surface area contributed by atoms with E-state index in [1.54, 1.807) is 23.1 Å². The van der Waals surface area contributed by atoms with Crippen LogP contribution in [0, 0.1) is 11.6 Å². The van der Waals surface area contributed by atoms with Crippen molar-refractivity contribution in [1.29, 1.82) is 0 Å². The van der Waals surface area contributed by atoms with E-state index in [2.05, 4.69) is 10.1 Å². The van der Waals surface area contributed by atoms with Crippen molar-refractivity contribution < 1.29 is 18.4 Å². The molecule has 7 heteroatoms. The lowest BCUT2D eigenvalue weighted by atomic mass is 10.0. The van der Waals surface area contributed by atoms with Crippen molar-refractivity contribution >= 4 is 11.6 Å². The van der Waals surface area contributed by atoms with E-state index in [0.717, 1.165) is 24.2 Å². The van der Waals surface area contributed by atoms with Crippen molar-refractivity contribution in [3.63, 3.8) is 0 Å². The van der Waals surface area contributed by atoms with Gasteiger partial charge in [-0.2, -0.15) is 0 Å². The third-order valence-electron chi connectivity index (χ3n) is 5.10. The Morgan fingerprint density at radius 1 is 1.04 bits per heavy atom. The second-order valence-electron chi connectivity index (χ2n) is 7.07. The van der Waals surface area contributed by atoms with Gasteiger partial charge < -0.3 is 9.74 Å². The fourth-order valence-corrected chi connectivity index (χ4v) is 3.55. The first kappa shape index (κ1) is 18.6. The number of benzene rings is 2. The predicted octanol–water partition coefficient (Wildman–Crippen LogP) is 2.80. The molecule has 0 aliphatic carbocycles. The van der Waals surface area contributed by atoms with Crippen LogP contribution in [0.1, 0.15) is 17.5 Å². The zero-order valence-corrected chi connectivity index (χ0v) is 15.4. The van der Waals surface area contributed by atoms with Gasteiger partial charge in [-0.05, 0) is 35.4 Å². The first-order chi connectivity index (χ1) is 13.6. The molecule has 2 aromatic carbocycles. The van der Waals surface area contributed by atoms with Crippen LogP contribution in [0.2, 0.25) is 0 Å². The average Bonchev–Trinajstić information content (AvgIpc) is 3.19. The van der Waals surface area contributed by atoms with Crippen LogP contribution in [0.4, 0.5) is 8.78 Å². The lowest BCUT2D eigenvalue weighted by molar-refractivity contribution is -0.143. The van der Waals surface area contributed by atoms with E-state index in [-0.39, 0.29) is 17.5 Å². The summed E-state index contributed by atoms with van der Waals surface area (Å²) in [5, 5.41) is 4.01. The van der Waals surface area contributed by atoms with Crippen LogP contribution >= 0.6 is 0 Å². The fraction of sp³-hybridized carbons (Fsp3) is 0.333. The minimum atomic E-state index is -0.630. The van der Waals surface area contributed by atoms with Gasteiger partial charge in [0.15, 0.2) is 0 Å². The summed E-state index contributed by atoms with van der Waals surface area (Å²) in [6.45, 7) is 3.30. The fourth-order valence-electron chi connectivity index (χ4n) is 3.55. The van der Waals surface area contributed by atoms with Gasteiger partial charge in [-0.3, -0.25) is 9.69 Å². The highest BCUT2D eigenvalue weighted by molar-refractivity contribution is 6.04. The zero-order valence-electron chi connectivity index (χ0n) is 15.4. The number of amides is 1. The molecule has 0 radical (unpaired) electrons. The maximum Gasteiger partial charge on any atom is 0.266 e. The third-order valence-corrected chi connectivity index (χ3v) is 5.10. The van der Waals surface area contributed by atoms with Crippen molar-refractivity contribution in [3.05, 3.63) is 71.3 Å². The Labute approximate surface area is 162 Å². The number of hydrogen-bond donors (Lipinski definition) is 0. The summed E-state index contributed by atoms with van der Waals surface area (Å²) in [6.07, 6.45) is -0.247. The third kappa shape index (κ3) is 4.20. The number of carbonyl (C=O) groups excluding carboxylic acids is 1. The standard InChI is InChI=1S/C21H21F2N3O2/c22-17-6-4-16(5-7-17)19-13-20(28-24-19)21(27)26-10-8-25(9-11-26)14-15-2-1-3-18(23)12-15/h1-7,12,20H,8-11,13-14H2. The topological polar surface area (TPSA) is 45.1 Å². The van der Waals surface area contributed by atoms with E-state index >= 15 is 0 Å². The molecular weight excluding hydrogens is 364 g/mol. The Bertz CT molecular complexity index is 877. The molecule has 1 fully saturated rings. The minimum absolute atomic E-state index is 0.0775. The normalized spacial score (nSPS) is 20.0. The zero-order chi connectivity index (χ0) is 19.5. The van der Waals surface area contributed by atoms with Crippen LogP contribution in [-0.4, -0.2) is 53.7 Å². The summed E-state index contributed by atoms with van der Waals surface area (Å²) in [7, 11) is 0. The Morgan fingerprint density at radius 2 is 1.79 bits per heavy atom. The van der Waals surface area contributed by atoms with Gasteiger partial charge >= 0.3 is 0 Å². The predicted molar refractivity (Wildman–Crippen MR) is 101 cm³/mol. The maximum atomic E-state index is 13.3. The summed E-state index contributed by atoms with van der Waals surface area (Å²) >= 11 is 0. The van der Waals surface area contributed by atoms with E-state index in [1.165, 1.54) is 24.3 Å². The van der Waals surface area contributed by atoms with Gasteiger partial charge in [0.05, 0.1) is 5.71 Å². The molecule has 2 heterocycles. The van der Waals surface area contributed by atoms with Crippen LogP contribution in [-0.2, 0) is 16.2 Å². The van der Waals surface area contributed by atoms with Crippen LogP contribution in [0.3, 0.4) is 0 Å². The lowest BCUT2D eigenvalue weighted by Crippen LogP contribution is -2.51. The first-order valence-electron chi connectivity index (χ1n) is 9.33. The van der Waals surface area contributed by atoms with Crippen LogP contribution in [0.25, 0.3) is 0 Å². The van der Waals surface area contributed by atoms with Gasteiger partial charge in [-0.1, -0.05) is 29.4 Å².